The molecule has 110 valence electrons. The monoisotopic (exact) mass is 277 g/mol. The third kappa shape index (κ3) is 5.21. The van der Waals surface area contributed by atoms with E-state index in [4.69, 9.17) is 4.74 Å². The smallest absolute Gasteiger partial charge is 0.224 e. The minimum Gasteiger partial charge on any atom is -0.508 e. The zero-order valence-electron chi connectivity index (χ0n) is 11.8. The van der Waals surface area contributed by atoms with Gasteiger partial charge in [0.1, 0.15) is 5.75 Å². The highest BCUT2D eigenvalue weighted by molar-refractivity contribution is 5.78. The van der Waals surface area contributed by atoms with E-state index in [0.29, 0.717) is 19.1 Å². The molecule has 1 aromatic rings. The Morgan fingerprint density at radius 1 is 1.40 bits per heavy atom. The molecule has 1 atom stereocenters. The number of carbonyl (C=O) groups is 1. The zero-order chi connectivity index (χ0) is 14.2. The summed E-state index contributed by atoms with van der Waals surface area (Å²) in [7, 11) is 0. The summed E-state index contributed by atoms with van der Waals surface area (Å²) in [5, 5.41) is 12.2. The minimum absolute atomic E-state index is 0.00714. The van der Waals surface area contributed by atoms with Crippen LogP contribution in [0.25, 0.3) is 0 Å². The third-order valence-corrected chi connectivity index (χ3v) is 3.57. The molecule has 1 aromatic carbocycles. The quantitative estimate of drug-likeness (QED) is 0.752. The van der Waals surface area contributed by atoms with Gasteiger partial charge in [0.2, 0.25) is 5.91 Å². The second-order valence-electron chi connectivity index (χ2n) is 5.33. The molecule has 4 nitrogen and oxygen atoms in total. The van der Waals surface area contributed by atoms with Crippen LogP contribution in [0.3, 0.4) is 0 Å². The predicted octanol–water partition coefficient (Wildman–Crippen LogP) is 2.40. The lowest BCUT2D eigenvalue weighted by molar-refractivity contribution is -0.120. The van der Waals surface area contributed by atoms with Gasteiger partial charge in [-0.1, -0.05) is 12.1 Å². The number of ether oxygens (including phenoxy) is 1. The van der Waals surface area contributed by atoms with E-state index in [1.807, 2.05) is 6.07 Å². The highest BCUT2D eigenvalue weighted by atomic mass is 16.5. The highest BCUT2D eigenvalue weighted by Crippen LogP contribution is 2.17. The fourth-order valence-corrected chi connectivity index (χ4v) is 2.51. The van der Waals surface area contributed by atoms with Gasteiger partial charge in [-0.05, 0) is 49.8 Å². The summed E-state index contributed by atoms with van der Waals surface area (Å²) in [4.78, 5) is 11.7. The van der Waals surface area contributed by atoms with Crippen molar-refractivity contribution in [2.75, 3.05) is 13.2 Å². The molecule has 2 rings (SSSR count). The van der Waals surface area contributed by atoms with Crippen molar-refractivity contribution in [3.8, 4) is 5.75 Å². The van der Waals surface area contributed by atoms with E-state index >= 15 is 0 Å². The van der Waals surface area contributed by atoms with E-state index in [1.165, 1.54) is 12.8 Å². The van der Waals surface area contributed by atoms with E-state index in [9.17, 15) is 9.90 Å². The fraction of sp³-hybridized carbons (Fsp3) is 0.562. The number of phenolic OH excluding ortho intramolecular Hbond substituents is 1. The van der Waals surface area contributed by atoms with Crippen molar-refractivity contribution in [1.82, 2.24) is 5.32 Å². The fourth-order valence-electron chi connectivity index (χ4n) is 2.51. The molecule has 0 bridgehead atoms. The molecular weight excluding hydrogens is 254 g/mol. The van der Waals surface area contributed by atoms with Crippen LogP contribution in [-0.4, -0.2) is 30.3 Å². The zero-order valence-corrected chi connectivity index (χ0v) is 11.8. The molecule has 1 heterocycles. The molecule has 2 N–H and O–H groups in total. The van der Waals surface area contributed by atoms with Crippen molar-refractivity contribution in [2.45, 2.75) is 44.6 Å². The first-order valence-electron chi connectivity index (χ1n) is 7.40. The van der Waals surface area contributed by atoms with Crippen molar-refractivity contribution < 1.29 is 14.6 Å². The van der Waals surface area contributed by atoms with Crippen LogP contribution in [0, 0.1) is 0 Å². The summed E-state index contributed by atoms with van der Waals surface area (Å²) < 4.78 is 5.56. The van der Waals surface area contributed by atoms with E-state index in [2.05, 4.69) is 5.32 Å². The maximum Gasteiger partial charge on any atom is 0.224 e. The number of amides is 1. The molecule has 0 saturated carbocycles. The van der Waals surface area contributed by atoms with E-state index in [0.717, 1.165) is 31.4 Å². The van der Waals surface area contributed by atoms with Crippen LogP contribution in [0.2, 0.25) is 0 Å². The molecule has 20 heavy (non-hydrogen) atoms. The standard InChI is InChI=1S/C16H23NO3/c18-14-6-3-5-13(11-14)12-16(19)17-9-2-1-7-15-8-4-10-20-15/h3,5-6,11,15,18H,1-2,4,7-10,12H2,(H,17,19)/t15-/m1/s1. The average Bonchev–Trinajstić information content (AvgIpc) is 2.91. The molecule has 1 fully saturated rings. The molecule has 0 unspecified atom stereocenters. The van der Waals surface area contributed by atoms with Crippen LogP contribution in [0.5, 0.6) is 5.75 Å². The number of unbranched alkanes of at least 4 members (excludes halogenated alkanes) is 1. The minimum atomic E-state index is 0.00714. The lowest BCUT2D eigenvalue weighted by Crippen LogP contribution is -2.26. The number of aromatic hydroxyl groups is 1. The second kappa shape index (κ2) is 7.90. The summed E-state index contributed by atoms with van der Waals surface area (Å²) in [5.74, 6) is 0.208. The molecule has 4 heteroatoms. The van der Waals surface area contributed by atoms with Gasteiger partial charge in [-0.3, -0.25) is 4.79 Å². The molecule has 0 aliphatic carbocycles. The van der Waals surface area contributed by atoms with Crippen molar-refractivity contribution in [3.63, 3.8) is 0 Å². The third-order valence-electron chi connectivity index (χ3n) is 3.57. The normalized spacial score (nSPS) is 18.1. The largest absolute Gasteiger partial charge is 0.508 e. The van der Waals surface area contributed by atoms with Crippen LogP contribution in [-0.2, 0) is 16.0 Å². The number of carbonyl (C=O) groups excluding carboxylic acids is 1. The number of phenols is 1. The van der Waals surface area contributed by atoms with Crippen molar-refractivity contribution in [3.05, 3.63) is 29.8 Å². The average molecular weight is 277 g/mol. The molecular formula is C16H23NO3. The number of nitrogens with one attached hydrogen (secondary N) is 1. The second-order valence-corrected chi connectivity index (χ2v) is 5.33. The lowest BCUT2D eigenvalue weighted by Gasteiger charge is -2.09. The van der Waals surface area contributed by atoms with Gasteiger partial charge in [0.15, 0.2) is 0 Å². The van der Waals surface area contributed by atoms with Crippen molar-refractivity contribution in [2.24, 2.45) is 0 Å². The topological polar surface area (TPSA) is 58.6 Å². The molecule has 1 aliphatic heterocycles. The Morgan fingerprint density at radius 2 is 2.30 bits per heavy atom. The number of rotatable bonds is 7. The van der Waals surface area contributed by atoms with Crippen LogP contribution >= 0.6 is 0 Å². The summed E-state index contributed by atoms with van der Waals surface area (Å²) in [6, 6.07) is 6.82. The van der Waals surface area contributed by atoms with Gasteiger partial charge in [-0.25, -0.2) is 0 Å². The van der Waals surface area contributed by atoms with Gasteiger partial charge in [0.05, 0.1) is 12.5 Å². The molecule has 1 amide bonds. The van der Waals surface area contributed by atoms with E-state index in [-0.39, 0.29) is 11.7 Å². The first-order valence-corrected chi connectivity index (χ1v) is 7.40. The molecule has 0 spiro atoms. The maximum absolute atomic E-state index is 11.7. The Balaban J connectivity index is 1.55. The number of hydrogen-bond donors (Lipinski definition) is 2. The summed E-state index contributed by atoms with van der Waals surface area (Å²) in [5.41, 5.74) is 0.835. The number of hydrogen-bond acceptors (Lipinski definition) is 3. The van der Waals surface area contributed by atoms with Gasteiger partial charge < -0.3 is 15.2 Å². The van der Waals surface area contributed by atoms with Gasteiger partial charge in [-0.15, -0.1) is 0 Å². The van der Waals surface area contributed by atoms with Crippen LogP contribution in [0.4, 0.5) is 0 Å². The van der Waals surface area contributed by atoms with Crippen LogP contribution in [0.1, 0.15) is 37.7 Å². The summed E-state index contributed by atoms with van der Waals surface area (Å²) in [6.07, 6.45) is 6.32. The first-order chi connectivity index (χ1) is 9.74. The van der Waals surface area contributed by atoms with Crippen LogP contribution in [0.15, 0.2) is 24.3 Å². The van der Waals surface area contributed by atoms with Gasteiger partial charge in [0, 0.05) is 13.2 Å². The summed E-state index contributed by atoms with van der Waals surface area (Å²) in [6.45, 7) is 1.62. The summed E-state index contributed by atoms with van der Waals surface area (Å²) >= 11 is 0. The Morgan fingerprint density at radius 3 is 3.05 bits per heavy atom. The van der Waals surface area contributed by atoms with Crippen LogP contribution < -0.4 is 5.32 Å². The predicted molar refractivity (Wildman–Crippen MR) is 77.6 cm³/mol. The Kier molecular flexibility index (Phi) is 5.87. The van der Waals surface area contributed by atoms with Crippen molar-refractivity contribution in [1.29, 1.82) is 0 Å². The maximum atomic E-state index is 11.7. The first kappa shape index (κ1) is 14.9. The molecule has 1 saturated heterocycles. The molecule has 1 aliphatic rings. The highest BCUT2D eigenvalue weighted by Gasteiger charge is 2.14. The SMILES string of the molecule is O=C(Cc1cccc(O)c1)NCCCC[C@@H]1CCCO1. The molecule has 0 aromatic heterocycles. The van der Waals surface area contributed by atoms with Gasteiger partial charge >= 0.3 is 0 Å². The van der Waals surface area contributed by atoms with E-state index < -0.39 is 0 Å². The molecule has 0 radical (unpaired) electrons. The Labute approximate surface area is 120 Å². The van der Waals surface area contributed by atoms with Gasteiger partial charge in [0.25, 0.3) is 0 Å². The Hall–Kier alpha value is -1.55. The number of benzene rings is 1. The van der Waals surface area contributed by atoms with Crippen molar-refractivity contribution >= 4 is 5.91 Å². The Bertz CT molecular complexity index is 427. The lowest BCUT2D eigenvalue weighted by atomic mass is 10.1. The van der Waals surface area contributed by atoms with E-state index in [1.54, 1.807) is 18.2 Å². The van der Waals surface area contributed by atoms with Gasteiger partial charge in [-0.2, -0.15) is 0 Å².